The van der Waals surface area contributed by atoms with Crippen LogP contribution in [0.1, 0.15) is 58.3 Å². The fraction of sp³-hybridized carbons (Fsp3) is 1.00. The second-order valence-electron chi connectivity index (χ2n) is 6.06. The third-order valence-electron chi connectivity index (χ3n) is 4.70. The van der Waals surface area contributed by atoms with Gasteiger partial charge >= 0.3 is 0 Å². The van der Waals surface area contributed by atoms with Gasteiger partial charge in [-0.05, 0) is 45.1 Å². The summed E-state index contributed by atoms with van der Waals surface area (Å²) >= 11 is 0. The van der Waals surface area contributed by atoms with Crippen molar-refractivity contribution in [3.8, 4) is 0 Å². The summed E-state index contributed by atoms with van der Waals surface area (Å²) in [6.07, 6.45) is 9.12. The molecular formula is C14H28N2O. The van der Waals surface area contributed by atoms with Gasteiger partial charge in [0.15, 0.2) is 0 Å². The highest BCUT2D eigenvalue weighted by Crippen LogP contribution is 2.32. The van der Waals surface area contributed by atoms with Crippen LogP contribution in [0, 0.1) is 0 Å². The predicted molar refractivity (Wildman–Crippen MR) is 70.9 cm³/mol. The summed E-state index contributed by atoms with van der Waals surface area (Å²) in [6, 6.07) is 1.07. The quantitative estimate of drug-likeness (QED) is 0.789. The smallest absolute Gasteiger partial charge is 0.0774 e. The van der Waals surface area contributed by atoms with E-state index in [1.54, 1.807) is 0 Å². The minimum absolute atomic E-state index is 0.393. The van der Waals surface area contributed by atoms with E-state index in [0.717, 1.165) is 38.8 Å². The van der Waals surface area contributed by atoms with Gasteiger partial charge in [0, 0.05) is 18.6 Å². The molecule has 0 aromatic carbocycles. The summed E-state index contributed by atoms with van der Waals surface area (Å²) < 4.78 is 0. The third-order valence-corrected chi connectivity index (χ3v) is 4.70. The lowest BCUT2D eigenvalue weighted by Crippen LogP contribution is -2.48. The summed E-state index contributed by atoms with van der Waals surface area (Å²) in [4.78, 5) is 2.50. The molecule has 0 saturated heterocycles. The fourth-order valence-corrected chi connectivity index (χ4v) is 3.54. The zero-order valence-electron chi connectivity index (χ0n) is 11.2. The van der Waals surface area contributed by atoms with Gasteiger partial charge in [-0.2, -0.15) is 0 Å². The van der Waals surface area contributed by atoms with E-state index in [4.69, 9.17) is 5.73 Å². The molecule has 0 radical (unpaired) electrons. The van der Waals surface area contributed by atoms with Crippen molar-refractivity contribution in [2.24, 2.45) is 5.73 Å². The summed E-state index contributed by atoms with van der Waals surface area (Å²) in [7, 11) is 0. The standard InChI is InChI=1S/C14H28N2O/c1-2-16(11-14(17)9-3-4-10-14)13-7-5-12(15)6-8-13/h12-13,17H,2-11,15H2,1H3. The van der Waals surface area contributed by atoms with Crippen molar-refractivity contribution in [3.63, 3.8) is 0 Å². The normalized spacial score (nSPS) is 33.2. The number of hydrogen-bond acceptors (Lipinski definition) is 3. The zero-order valence-corrected chi connectivity index (χ0v) is 11.2. The van der Waals surface area contributed by atoms with Crippen LogP contribution >= 0.6 is 0 Å². The molecule has 0 spiro atoms. The van der Waals surface area contributed by atoms with E-state index in [9.17, 15) is 5.11 Å². The van der Waals surface area contributed by atoms with Crippen molar-refractivity contribution in [2.75, 3.05) is 13.1 Å². The molecule has 3 heteroatoms. The second kappa shape index (κ2) is 5.68. The fourth-order valence-electron chi connectivity index (χ4n) is 3.54. The summed E-state index contributed by atoms with van der Waals surface area (Å²) in [6.45, 7) is 4.15. The first-order chi connectivity index (χ1) is 8.13. The van der Waals surface area contributed by atoms with Gasteiger partial charge in [-0.15, -0.1) is 0 Å². The van der Waals surface area contributed by atoms with Gasteiger partial charge in [0.2, 0.25) is 0 Å². The van der Waals surface area contributed by atoms with Crippen molar-refractivity contribution in [1.29, 1.82) is 0 Å². The van der Waals surface area contributed by atoms with Crippen LogP contribution in [-0.2, 0) is 0 Å². The lowest BCUT2D eigenvalue weighted by Gasteiger charge is -2.39. The van der Waals surface area contributed by atoms with Gasteiger partial charge < -0.3 is 10.8 Å². The summed E-state index contributed by atoms with van der Waals surface area (Å²) in [5.74, 6) is 0. The van der Waals surface area contributed by atoms with Gasteiger partial charge in [0.05, 0.1) is 5.60 Å². The maximum absolute atomic E-state index is 10.5. The minimum Gasteiger partial charge on any atom is -0.389 e. The van der Waals surface area contributed by atoms with Crippen LogP contribution in [-0.4, -0.2) is 40.8 Å². The first kappa shape index (κ1) is 13.3. The highest BCUT2D eigenvalue weighted by atomic mass is 16.3. The third kappa shape index (κ3) is 3.43. The van der Waals surface area contributed by atoms with Crippen molar-refractivity contribution in [2.45, 2.75) is 76.0 Å². The minimum atomic E-state index is -0.393. The highest BCUT2D eigenvalue weighted by Gasteiger charge is 2.35. The van der Waals surface area contributed by atoms with E-state index in [0.29, 0.717) is 12.1 Å². The molecule has 0 aromatic rings. The average Bonchev–Trinajstić information content (AvgIpc) is 2.75. The van der Waals surface area contributed by atoms with Crippen LogP contribution in [0.4, 0.5) is 0 Å². The molecule has 2 fully saturated rings. The van der Waals surface area contributed by atoms with Crippen molar-refractivity contribution < 1.29 is 5.11 Å². The predicted octanol–water partition coefficient (Wildman–Crippen LogP) is 1.88. The molecule has 0 bridgehead atoms. The Kier molecular flexibility index (Phi) is 4.45. The van der Waals surface area contributed by atoms with Gasteiger partial charge in [-0.25, -0.2) is 0 Å². The van der Waals surface area contributed by atoms with Gasteiger partial charge in [0.25, 0.3) is 0 Å². The molecule has 0 aliphatic heterocycles. The average molecular weight is 240 g/mol. The van der Waals surface area contributed by atoms with E-state index in [-0.39, 0.29) is 0 Å². The van der Waals surface area contributed by atoms with Crippen LogP contribution in [0.3, 0.4) is 0 Å². The molecule has 0 aromatic heterocycles. The molecule has 2 rings (SSSR count). The first-order valence-corrected chi connectivity index (χ1v) is 7.35. The van der Waals surface area contributed by atoms with Crippen LogP contribution in [0.15, 0.2) is 0 Å². The van der Waals surface area contributed by atoms with E-state index < -0.39 is 5.60 Å². The lowest BCUT2D eigenvalue weighted by molar-refractivity contribution is -0.00757. The number of hydrogen-bond donors (Lipinski definition) is 2. The maximum Gasteiger partial charge on any atom is 0.0774 e. The van der Waals surface area contributed by atoms with Crippen molar-refractivity contribution in [3.05, 3.63) is 0 Å². The Morgan fingerprint density at radius 2 is 1.76 bits per heavy atom. The highest BCUT2D eigenvalue weighted by molar-refractivity contribution is 4.90. The Morgan fingerprint density at radius 3 is 2.29 bits per heavy atom. The number of nitrogens with zero attached hydrogens (tertiary/aromatic N) is 1. The lowest BCUT2D eigenvalue weighted by atomic mass is 9.89. The monoisotopic (exact) mass is 240 g/mol. The number of likely N-dealkylation sites (N-methyl/N-ethyl adjacent to an activating group) is 1. The molecule has 0 amide bonds. The molecule has 2 aliphatic rings. The largest absolute Gasteiger partial charge is 0.389 e. The first-order valence-electron chi connectivity index (χ1n) is 7.35. The Bertz CT molecular complexity index is 230. The number of nitrogens with two attached hydrogens (primary N) is 1. The molecule has 3 N–H and O–H groups in total. The topological polar surface area (TPSA) is 49.5 Å². The molecule has 2 saturated carbocycles. The van der Waals surface area contributed by atoms with Crippen LogP contribution in [0.25, 0.3) is 0 Å². The van der Waals surface area contributed by atoms with E-state index in [1.807, 2.05) is 0 Å². The van der Waals surface area contributed by atoms with Crippen LogP contribution in [0.2, 0.25) is 0 Å². The zero-order chi connectivity index (χ0) is 12.3. The second-order valence-corrected chi connectivity index (χ2v) is 6.06. The Morgan fingerprint density at radius 1 is 1.18 bits per heavy atom. The molecular weight excluding hydrogens is 212 g/mol. The summed E-state index contributed by atoms with van der Waals surface area (Å²) in [5.41, 5.74) is 5.57. The van der Waals surface area contributed by atoms with Gasteiger partial charge in [0.1, 0.15) is 0 Å². The van der Waals surface area contributed by atoms with Gasteiger partial charge in [-0.1, -0.05) is 19.8 Å². The molecule has 17 heavy (non-hydrogen) atoms. The molecule has 3 nitrogen and oxygen atoms in total. The Hall–Kier alpha value is -0.120. The van der Waals surface area contributed by atoms with Crippen LogP contribution < -0.4 is 5.73 Å². The van der Waals surface area contributed by atoms with Crippen molar-refractivity contribution in [1.82, 2.24) is 4.90 Å². The van der Waals surface area contributed by atoms with E-state index in [2.05, 4.69) is 11.8 Å². The maximum atomic E-state index is 10.5. The SMILES string of the molecule is CCN(CC1(O)CCCC1)C1CCC(N)CC1. The van der Waals surface area contributed by atoms with Gasteiger partial charge in [-0.3, -0.25) is 4.90 Å². The molecule has 2 aliphatic carbocycles. The summed E-state index contributed by atoms with van der Waals surface area (Å²) in [5, 5.41) is 10.5. The Labute approximate surface area is 105 Å². The molecule has 0 atom stereocenters. The van der Waals surface area contributed by atoms with Crippen molar-refractivity contribution >= 4 is 0 Å². The van der Waals surface area contributed by atoms with Crippen LogP contribution in [0.5, 0.6) is 0 Å². The number of aliphatic hydroxyl groups is 1. The molecule has 100 valence electrons. The molecule has 0 unspecified atom stereocenters. The molecule has 0 heterocycles. The van der Waals surface area contributed by atoms with E-state index >= 15 is 0 Å². The Balaban J connectivity index is 1.87. The van der Waals surface area contributed by atoms with E-state index in [1.165, 1.54) is 25.7 Å². The number of rotatable bonds is 4.